The van der Waals surface area contributed by atoms with Gasteiger partial charge in [-0.25, -0.2) is 4.39 Å². The van der Waals surface area contributed by atoms with Gasteiger partial charge in [-0.3, -0.25) is 4.98 Å². The van der Waals surface area contributed by atoms with Crippen molar-refractivity contribution in [1.29, 1.82) is 5.26 Å². The molecule has 1 aromatic heterocycles. The van der Waals surface area contributed by atoms with Crippen LogP contribution < -0.4 is 0 Å². The Morgan fingerprint density at radius 2 is 2.36 bits per heavy atom. The highest BCUT2D eigenvalue weighted by molar-refractivity contribution is 5.19. The first-order valence-corrected chi connectivity index (χ1v) is 3.18. The number of nitrogens with zero attached hydrogens (tertiary/aromatic N) is 2. The van der Waals surface area contributed by atoms with Gasteiger partial charge >= 0.3 is 0 Å². The van der Waals surface area contributed by atoms with E-state index in [-0.39, 0.29) is 5.69 Å². The molecular formula is C8H7FN2. The first-order chi connectivity index (χ1) is 5.17. The maximum absolute atomic E-state index is 13.1. The Hall–Kier alpha value is -1.43. The minimum Gasteiger partial charge on any atom is -0.257 e. The third-order valence-corrected chi connectivity index (χ3v) is 1.36. The van der Waals surface area contributed by atoms with Crippen molar-refractivity contribution in [1.82, 2.24) is 4.98 Å². The second-order valence-electron chi connectivity index (χ2n) is 2.33. The molecule has 0 aliphatic carbocycles. The van der Waals surface area contributed by atoms with Crippen LogP contribution in [-0.2, 0) is 5.67 Å². The average Bonchev–Trinajstić information content (AvgIpc) is 2.06. The second-order valence-corrected chi connectivity index (χ2v) is 2.33. The molecule has 0 saturated heterocycles. The molecule has 1 heterocycles. The highest BCUT2D eigenvalue weighted by atomic mass is 19.1. The van der Waals surface area contributed by atoms with Crippen molar-refractivity contribution in [3.05, 3.63) is 30.1 Å². The van der Waals surface area contributed by atoms with E-state index < -0.39 is 5.67 Å². The third kappa shape index (κ3) is 1.53. The lowest BCUT2D eigenvalue weighted by Gasteiger charge is -2.08. The van der Waals surface area contributed by atoms with E-state index in [9.17, 15) is 4.39 Å². The molecule has 1 atom stereocenters. The summed E-state index contributed by atoms with van der Waals surface area (Å²) in [6, 6.07) is 6.35. The molecule has 11 heavy (non-hydrogen) atoms. The van der Waals surface area contributed by atoms with Crippen molar-refractivity contribution in [3.63, 3.8) is 0 Å². The van der Waals surface area contributed by atoms with E-state index in [1.54, 1.807) is 12.1 Å². The third-order valence-electron chi connectivity index (χ3n) is 1.36. The zero-order valence-electron chi connectivity index (χ0n) is 6.08. The van der Waals surface area contributed by atoms with Gasteiger partial charge in [0.25, 0.3) is 0 Å². The molecule has 0 aliphatic heterocycles. The Morgan fingerprint density at radius 3 is 2.82 bits per heavy atom. The number of hydrogen-bond acceptors (Lipinski definition) is 2. The fraction of sp³-hybridized carbons (Fsp3) is 0.250. The van der Waals surface area contributed by atoms with Crippen molar-refractivity contribution in [2.45, 2.75) is 12.6 Å². The molecule has 0 aromatic carbocycles. The molecule has 0 fully saturated rings. The molecule has 0 aliphatic rings. The number of alkyl halides is 1. The summed E-state index contributed by atoms with van der Waals surface area (Å²) in [7, 11) is 0. The van der Waals surface area contributed by atoms with E-state index in [4.69, 9.17) is 5.26 Å². The zero-order valence-corrected chi connectivity index (χ0v) is 6.08. The van der Waals surface area contributed by atoms with E-state index in [0.29, 0.717) is 0 Å². The van der Waals surface area contributed by atoms with E-state index in [2.05, 4.69) is 4.98 Å². The second kappa shape index (κ2) is 2.67. The van der Waals surface area contributed by atoms with Crippen LogP contribution in [0.25, 0.3) is 0 Å². The molecule has 1 rings (SSSR count). The number of nitriles is 1. The van der Waals surface area contributed by atoms with Crippen LogP contribution in [0, 0.1) is 11.3 Å². The molecule has 2 nitrogen and oxygen atoms in total. The van der Waals surface area contributed by atoms with Crippen LogP contribution in [0.1, 0.15) is 12.6 Å². The summed E-state index contributed by atoms with van der Waals surface area (Å²) in [5, 5.41) is 8.38. The van der Waals surface area contributed by atoms with Crippen LogP contribution in [0.15, 0.2) is 24.4 Å². The summed E-state index contributed by atoms with van der Waals surface area (Å²) in [6.07, 6.45) is 1.46. The fourth-order valence-corrected chi connectivity index (χ4v) is 0.698. The summed E-state index contributed by atoms with van der Waals surface area (Å²) < 4.78 is 13.1. The first-order valence-electron chi connectivity index (χ1n) is 3.18. The number of pyridine rings is 1. The van der Waals surface area contributed by atoms with Crippen molar-refractivity contribution in [2.24, 2.45) is 0 Å². The maximum Gasteiger partial charge on any atom is 0.234 e. The average molecular weight is 150 g/mol. The molecule has 0 spiro atoms. The van der Waals surface area contributed by atoms with Gasteiger partial charge in [-0.2, -0.15) is 5.26 Å². The number of halogens is 1. The van der Waals surface area contributed by atoms with Crippen LogP contribution in [-0.4, -0.2) is 4.98 Å². The Bertz CT molecular complexity index is 274. The largest absolute Gasteiger partial charge is 0.257 e. The van der Waals surface area contributed by atoms with Crippen LogP contribution >= 0.6 is 0 Å². The molecule has 0 amide bonds. The van der Waals surface area contributed by atoms with Crippen molar-refractivity contribution >= 4 is 0 Å². The summed E-state index contributed by atoms with van der Waals surface area (Å²) in [6.45, 7) is 1.19. The quantitative estimate of drug-likeness (QED) is 0.611. The lowest BCUT2D eigenvalue weighted by molar-refractivity contribution is 0.266. The molecule has 3 heteroatoms. The number of hydrogen-bond donors (Lipinski definition) is 0. The van der Waals surface area contributed by atoms with Gasteiger partial charge in [-0.15, -0.1) is 0 Å². The normalized spacial score (nSPS) is 15.0. The molecule has 0 bridgehead atoms. The highest BCUT2D eigenvalue weighted by Crippen LogP contribution is 2.21. The molecule has 0 saturated carbocycles. The zero-order chi connectivity index (χ0) is 8.32. The van der Waals surface area contributed by atoms with Gasteiger partial charge < -0.3 is 0 Å². The molecule has 0 radical (unpaired) electrons. The monoisotopic (exact) mass is 150 g/mol. The minimum atomic E-state index is -1.97. The predicted molar refractivity (Wildman–Crippen MR) is 38.3 cm³/mol. The van der Waals surface area contributed by atoms with Gasteiger partial charge in [0, 0.05) is 6.20 Å². The lowest BCUT2D eigenvalue weighted by Crippen LogP contribution is -2.13. The van der Waals surface area contributed by atoms with E-state index in [1.807, 2.05) is 0 Å². The van der Waals surface area contributed by atoms with Crippen LogP contribution in [0.5, 0.6) is 0 Å². The van der Waals surface area contributed by atoms with Gasteiger partial charge in [-0.1, -0.05) is 6.07 Å². The molecule has 1 aromatic rings. The SMILES string of the molecule is CC(F)(C#N)c1ccccn1. The lowest BCUT2D eigenvalue weighted by atomic mass is 10.1. The van der Waals surface area contributed by atoms with Gasteiger partial charge in [-0.05, 0) is 19.1 Å². The molecule has 1 unspecified atom stereocenters. The summed E-state index contributed by atoms with van der Waals surface area (Å²) in [4.78, 5) is 3.72. The molecule has 56 valence electrons. The topological polar surface area (TPSA) is 36.7 Å². The predicted octanol–water partition coefficient (Wildman–Crippen LogP) is 1.79. The summed E-state index contributed by atoms with van der Waals surface area (Å²) in [5.74, 6) is 0. The summed E-state index contributed by atoms with van der Waals surface area (Å²) >= 11 is 0. The smallest absolute Gasteiger partial charge is 0.234 e. The molecule has 0 N–H and O–H groups in total. The van der Waals surface area contributed by atoms with Crippen LogP contribution in [0.4, 0.5) is 4.39 Å². The van der Waals surface area contributed by atoms with Crippen LogP contribution in [0.2, 0.25) is 0 Å². The standard InChI is InChI=1S/C8H7FN2/c1-8(9,6-10)7-4-2-3-5-11-7/h2-5H,1H3. The maximum atomic E-state index is 13.1. The van der Waals surface area contributed by atoms with Crippen molar-refractivity contribution < 1.29 is 4.39 Å². The van der Waals surface area contributed by atoms with Gasteiger partial charge in [0.2, 0.25) is 5.67 Å². The van der Waals surface area contributed by atoms with E-state index >= 15 is 0 Å². The van der Waals surface area contributed by atoms with Crippen molar-refractivity contribution in [2.75, 3.05) is 0 Å². The Balaban J connectivity index is 3.05. The van der Waals surface area contributed by atoms with Gasteiger partial charge in [0.1, 0.15) is 6.07 Å². The first kappa shape index (κ1) is 7.67. The van der Waals surface area contributed by atoms with Gasteiger partial charge in [0.05, 0.1) is 5.69 Å². The Morgan fingerprint density at radius 1 is 1.64 bits per heavy atom. The van der Waals surface area contributed by atoms with Gasteiger partial charge in [0.15, 0.2) is 0 Å². The highest BCUT2D eigenvalue weighted by Gasteiger charge is 2.25. The van der Waals surface area contributed by atoms with Crippen molar-refractivity contribution in [3.8, 4) is 6.07 Å². The number of aromatic nitrogens is 1. The van der Waals surface area contributed by atoms with E-state index in [1.165, 1.54) is 25.3 Å². The molecular weight excluding hydrogens is 143 g/mol. The fourth-order valence-electron chi connectivity index (χ4n) is 0.698. The Kier molecular flexibility index (Phi) is 1.86. The number of rotatable bonds is 1. The summed E-state index contributed by atoms with van der Waals surface area (Å²) in [5.41, 5.74) is -1.82. The minimum absolute atomic E-state index is 0.155. The Labute approximate surface area is 64.3 Å². The van der Waals surface area contributed by atoms with E-state index in [0.717, 1.165) is 0 Å². The van der Waals surface area contributed by atoms with Crippen LogP contribution in [0.3, 0.4) is 0 Å².